The third-order valence-electron chi connectivity index (χ3n) is 4.00. The number of nitrogens with zero attached hydrogens (tertiary/aromatic N) is 1. The van der Waals surface area contributed by atoms with Gasteiger partial charge in [-0.25, -0.2) is 8.42 Å². The van der Waals surface area contributed by atoms with Gasteiger partial charge in [-0.15, -0.1) is 0 Å². The molecule has 3 rings (SSSR count). The normalized spacial score (nSPS) is 13.8. The summed E-state index contributed by atoms with van der Waals surface area (Å²) in [6, 6.07) is 9.45. The number of sulfonamides is 1. The third-order valence-corrected chi connectivity index (χ3v) is 5.77. The second-order valence-corrected chi connectivity index (χ2v) is 7.76. The van der Waals surface area contributed by atoms with E-state index in [1.54, 1.807) is 31.2 Å². The molecular weight excluding hydrogens is 364 g/mol. The van der Waals surface area contributed by atoms with Crippen LogP contribution in [0.1, 0.15) is 12.5 Å². The number of nitrogens with one attached hydrogen (secondary N) is 1. The van der Waals surface area contributed by atoms with Crippen LogP contribution in [0.2, 0.25) is 5.02 Å². The molecule has 0 aliphatic carbocycles. The monoisotopic (exact) mass is 380 g/mol. The smallest absolute Gasteiger partial charge is 0.261 e. The summed E-state index contributed by atoms with van der Waals surface area (Å²) in [5.74, 6) is 0.317. The number of benzene rings is 2. The number of carbonyl (C=O) groups excluding carboxylic acids is 1. The minimum absolute atomic E-state index is 0.0439. The summed E-state index contributed by atoms with van der Waals surface area (Å²) in [5, 5.41) is 0.474. The van der Waals surface area contributed by atoms with Crippen molar-refractivity contribution in [2.45, 2.75) is 18.7 Å². The number of fused-ring (bicyclic) bond motifs is 1. The lowest BCUT2D eigenvalue weighted by molar-refractivity contribution is -0.116. The Morgan fingerprint density at radius 2 is 2.04 bits per heavy atom. The third kappa shape index (κ3) is 3.43. The van der Waals surface area contributed by atoms with E-state index in [1.807, 2.05) is 0 Å². The minimum atomic E-state index is -3.84. The van der Waals surface area contributed by atoms with Gasteiger partial charge < -0.3 is 9.64 Å². The molecule has 1 aliphatic heterocycles. The van der Waals surface area contributed by atoms with Crippen LogP contribution in [0.25, 0.3) is 0 Å². The summed E-state index contributed by atoms with van der Waals surface area (Å²) >= 11 is 6.04. The van der Waals surface area contributed by atoms with E-state index < -0.39 is 10.0 Å². The van der Waals surface area contributed by atoms with Crippen LogP contribution in [-0.4, -0.2) is 27.5 Å². The summed E-state index contributed by atoms with van der Waals surface area (Å²) in [6.45, 7) is 3.92. The van der Waals surface area contributed by atoms with E-state index in [1.165, 1.54) is 24.0 Å². The second kappa shape index (κ2) is 6.57. The van der Waals surface area contributed by atoms with Crippen molar-refractivity contribution in [2.75, 3.05) is 22.8 Å². The van der Waals surface area contributed by atoms with Gasteiger partial charge >= 0.3 is 0 Å². The summed E-state index contributed by atoms with van der Waals surface area (Å²) < 4.78 is 33.5. The Morgan fingerprint density at radius 3 is 2.76 bits per heavy atom. The number of anilines is 2. The first-order chi connectivity index (χ1) is 11.8. The fourth-order valence-corrected chi connectivity index (χ4v) is 3.93. The van der Waals surface area contributed by atoms with E-state index in [-0.39, 0.29) is 10.8 Å². The number of ether oxygens (including phenoxy) is 1. The quantitative estimate of drug-likeness (QED) is 0.887. The molecule has 0 unspecified atom stereocenters. The first-order valence-corrected chi connectivity index (χ1v) is 9.48. The molecule has 1 heterocycles. The summed E-state index contributed by atoms with van der Waals surface area (Å²) in [4.78, 5) is 13.3. The lowest BCUT2D eigenvalue weighted by Crippen LogP contribution is -2.36. The van der Waals surface area contributed by atoms with Crippen LogP contribution in [0.4, 0.5) is 11.4 Å². The van der Waals surface area contributed by atoms with Gasteiger partial charge in [0.25, 0.3) is 10.0 Å². The SMILES string of the molecule is CC(=O)N1CCOc2ccc(S(=O)(=O)Nc3cccc(Cl)c3C)cc21. The van der Waals surface area contributed by atoms with Crippen molar-refractivity contribution in [1.82, 2.24) is 0 Å². The fraction of sp³-hybridized carbons (Fsp3) is 0.235. The number of carbonyl (C=O) groups is 1. The molecule has 2 aromatic carbocycles. The van der Waals surface area contributed by atoms with E-state index in [0.29, 0.717) is 40.9 Å². The average Bonchev–Trinajstić information content (AvgIpc) is 2.57. The number of halogens is 1. The Bertz CT molecular complexity index is 944. The van der Waals surface area contributed by atoms with Gasteiger partial charge in [0.2, 0.25) is 5.91 Å². The molecule has 2 aromatic rings. The molecular formula is C17H17ClN2O4S. The van der Waals surface area contributed by atoms with E-state index in [9.17, 15) is 13.2 Å². The Morgan fingerprint density at radius 1 is 1.28 bits per heavy atom. The molecule has 0 atom stereocenters. The van der Waals surface area contributed by atoms with Crippen molar-refractivity contribution in [2.24, 2.45) is 0 Å². The predicted molar refractivity (Wildman–Crippen MR) is 97.0 cm³/mol. The molecule has 0 saturated carbocycles. The van der Waals surface area contributed by atoms with Crippen LogP contribution >= 0.6 is 11.6 Å². The second-order valence-electron chi connectivity index (χ2n) is 5.67. The largest absolute Gasteiger partial charge is 0.490 e. The molecule has 0 fully saturated rings. The Balaban J connectivity index is 1.99. The van der Waals surface area contributed by atoms with E-state index >= 15 is 0 Å². The van der Waals surface area contributed by atoms with Gasteiger partial charge in [0.15, 0.2) is 0 Å². The predicted octanol–water partition coefficient (Wildman–Crippen LogP) is 3.19. The first kappa shape index (κ1) is 17.6. The Hall–Kier alpha value is -2.25. The highest BCUT2D eigenvalue weighted by atomic mass is 35.5. The van der Waals surface area contributed by atoms with Crippen LogP contribution in [0.15, 0.2) is 41.3 Å². The first-order valence-electron chi connectivity index (χ1n) is 7.62. The number of rotatable bonds is 3. The molecule has 8 heteroatoms. The highest BCUT2D eigenvalue weighted by Crippen LogP contribution is 2.34. The average molecular weight is 381 g/mol. The zero-order valence-corrected chi connectivity index (χ0v) is 15.3. The molecule has 132 valence electrons. The van der Waals surface area contributed by atoms with Crippen LogP contribution < -0.4 is 14.4 Å². The molecule has 0 saturated heterocycles. The number of hydrogen-bond acceptors (Lipinski definition) is 4. The van der Waals surface area contributed by atoms with Crippen molar-refractivity contribution in [1.29, 1.82) is 0 Å². The maximum absolute atomic E-state index is 12.7. The van der Waals surface area contributed by atoms with Gasteiger partial charge in [-0.3, -0.25) is 9.52 Å². The molecule has 1 aliphatic rings. The topological polar surface area (TPSA) is 75.7 Å². The Kier molecular flexibility index (Phi) is 4.62. The van der Waals surface area contributed by atoms with Gasteiger partial charge in [-0.05, 0) is 42.8 Å². The lowest BCUT2D eigenvalue weighted by atomic mass is 10.2. The summed E-state index contributed by atoms with van der Waals surface area (Å²) in [7, 11) is -3.84. The van der Waals surface area contributed by atoms with E-state index in [4.69, 9.17) is 16.3 Å². The Labute approximate surface area is 151 Å². The van der Waals surface area contributed by atoms with Gasteiger partial charge in [0.05, 0.1) is 22.8 Å². The fourth-order valence-electron chi connectivity index (χ4n) is 2.61. The zero-order valence-electron chi connectivity index (χ0n) is 13.7. The maximum Gasteiger partial charge on any atom is 0.261 e. The molecule has 1 amide bonds. The summed E-state index contributed by atoms with van der Waals surface area (Å²) in [5.41, 5.74) is 1.49. The standard InChI is InChI=1S/C17H17ClN2O4S/c1-11-14(18)4-3-5-15(11)19-25(22,23)13-6-7-17-16(10-13)20(12(2)21)8-9-24-17/h3-7,10,19H,8-9H2,1-2H3. The van der Waals surface area contributed by atoms with Gasteiger partial charge in [0, 0.05) is 11.9 Å². The van der Waals surface area contributed by atoms with Crippen LogP contribution in [-0.2, 0) is 14.8 Å². The van der Waals surface area contributed by atoms with Gasteiger partial charge in [-0.2, -0.15) is 0 Å². The molecule has 0 radical (unpaired) electrons. The lowest BCUT2D eigenvalue weighted by Gasteiger charge is -2.29. The molecule has 6 nitrogen and oxygen atoms in total. The van der Waals surface area contributed by atoms with Crippen molar-refractivity contribution in [3.05, 3.63) is 47.0 Å². The minimum Gasteiger partial charge on any atom is -0.490 e. The van der Waals surface area contributed by atoms with Crippen LogP contribution in [0, 0.1) is 6.92 Å². The molecule has 0 bridgehead atoms. The van der Waals surface area contributed by atoms with Crippen LogP contribution in [0.5, 0.6) is 5.75 Å². The zero-order chi connectivity index (χ0) is 18.2. The van der Waals surface area contributed by atoms with Gasteiger partial charge in [-0.1, -0.05) is 17.7 Å². The maximum atomic E-state index is 12.7. The molecule has 1 N–H and O–H groups in total. The van der Waals surface area contributed by atoms with Crippen molar-refractivity contribution >= 4 is 38.9 Å². The molecule has 0 aromatic heterocycles. The van der Waals surface area contributed by atoms with Gasteiger partial charge in [0.1, 0.15) is 12.4 Å². The highest BCUT2D eigenvalue weighted by molar-refractivity contribution is 7.92. The molecule has 0 spiro atoms. The highest BCUT2D eigenvalue weighted by Gasteiger charge is 2.25. The number of hydrogen-bond donors (Lipinski definition) is 1. The van der Waals surface area contributed by atoms with Crippen LogP contribution in [0.3, 0.4) is 0 Å². The van der Waals surface area contributed by atoms with E-state index in [2.05, 4.69) is 4.72 Å². The van der Waals surface area contributed by atoms with Crippen molar-refractivity contribution in [3.63, 3.8) is 0 Å². The van der Waals surface area contributed by atoms with Crippen molar-refractivity contribution < 1.29 is 17.9 Å². The molecule has 25 heavy (non-hydrogen) atoms. The number of amides is 1. The summed E-state index contributed by atoms with van der Waals surface area (Å²) in [6.07, 6.45) is 0. The van der Waals surface area contributed by atoms with Crippen molar-refractivity contribution in [3.8, 4) is 5.75 Å². The van der Waals surface area contributed by atoms with E-state index in [0.717, 1.165) is 0 Å².